The maximum absolute atomic E-state index is 8.72. The molecule has 2 aromatic carbocycles. The second-order valence-electron chi connectivity index (χ2n) is 2.58. The molecule has 1 nitrogen and oxygen atoms in total. The molecule has 0 saturated carbocycles. The number of hydrogen-bond acceptors (Lipinski definition) is 1. The summed E-state index contributed by atoms with van der Waals surface area (Å²) in [7, 11) is 0. The molecule has 0 saturated heterocycles. The first-order valence-electron chi connectivity index (χ1n) is 4.07. The maximum Gasteiger partial charge on any atom is 2.00 e. The number of rotatable bonds is 1. The van der Waals surface area contributed by atoms with Gasteiger partial charge in [0.1, 0.15) is 0 Å². The third kappa shape index (κ3) is 4.70. The van der Waals surface area contributed by atoms with Crippen LogP contribution in [0, 0.1) is 0 Å². The van der Waals surface area contributed by atoms with Crippen LogP contribution in [0.25, 0.3) is 5.76 Å². The third-order valence-corrected chi connectivity index (χ3v) is 1.55. The van der Waals surface area contributed by atoms with E-state index in [4.69, 9.17) is 5.11 Å². The first-order chi connectivity index (χ1) is 6.30. The zero-order valence-electron chi connectivity index (χ0n) is 7.70. The minimum atomic E-state index is 0. The summed E-state index contributed by atoms with van der Waals surface area (Å²) in [4.78, 5) is 0. The smallest absolute Gasteiger partial charge is 0.551 e. The van der Waals surface area contributed by atoms with Gasteiger partial charge in [-0.3, -0.25) is 0 Å². The van der Waals surface area contributed by atoms with Crippen LogP contribution in [-0.4, -0.2) is 5.11 Å². The minimum Gasteiger partial charge on any atom is -0.551 e. The molecular weight excluding hydrogens is 216 g/mol. The predicted octanol–water partition coefficient (Wildman–Crippen LogP) is 3.34. The SMILES string of the molecule is C=C(O)c1ccc[cH-]1.[Fe+2].c1cc[cH-]c1. The molecule has 0 spiro atoms. The summed E-state index contributed by atoms with van der Waals surface area (Å²) in [6.45, 7) is 3.35. The van der Waals surface area contributed by atoms with Crippen LogP contribution in [0.2, 0.25) is 0 Å². The van der Waals surface area contributed by atoms with E-state index in [2.05, 4.69) is 6.58 Å². The zero-order chi connectivity index (χ0) is 9.52. The Labute approximate surface area is 94.9 Å². The Balaban J connectivity index is 0.000000246. The monoisotopic (exact) mass is 228 g/mol. The Kier molecular flexibility index (Phi) is 6.55. The van der Waals surface area contributed by atoms with Crippen molar-refractivity contribution in [3.05, 3.63) is 66.7 Å². The molecule has 0 aliphatic rings. The van der Waals surface area contributed by atoms with Crippen molar-refractivity contribution in [2.24, 2.45) is 0 Å². The summed E-state index contributed by atoms with van der Waals surface area (Å²) in [5, 5.41) is 8.72. The molecule has 0 aliphatic carbocycles. The van der Waals surface area contributed by atoms with Gasteiger partial charge in [0.05, 0.1) is 0 Å². The van der Waals surface area contributed by atoms with E-state index in [1.165, 1.54) is 0 Å². The fraction of sp³-hybridized carbons (Fsp3) is 0. The first-order valence-corrected chi connectivity index (χ1v) is 4.07. The summed E-state index contributed by atoms with van der Waals surface area (Å²) in [5.74, 6) is 0.134. The van der Waals surface area contributed by atoms with Crippen LogP contribution in [0.15, 0.2) is 61.2 Å². The second kappa shape index (κ2) is 7.19. The van der Waals surface area contributed by atoms with Crippen molar-refractivity contribution < 1.29 is 22.2 Å². The van der Waals surface area contributed by atoms with E-state index in [-0.39, 0.29) is 22.8 Å². The molecule has 0 amide bonds. The molecule has 0 unspecified atom stereocenters. The first kappa shape index (κ1) is 12.8. The molecule has 0 radical (unpaired) electrons. The van der Waals surface area contributed by atoms with Crippen LogP contribution in [0.4, 0.5) is 0 Å². The molecule has 0 fully saturated rings. The molecule has 0 atom stereocenters. The quantitative estimate of drug-likeness (QED) is 0.451. The van der Waals surface area contributed by atoms with Crippen molar-refractivity contribution in [2.75, 3.05) is 0 Å². The van der Waals surface area contributed by atoms with Gasteiger partial charge in [-0.05, 0) is 0 Å². The Hall–Kier alpha value is -1.24. The van der Waals surface area contributed by atoms with Crippen molar-refractivity contribution in [3.8, 4) is 0 Å². The van der Waals surface area contributed by atoms with E-state index in [9.17, 15) is 0 Å². The molecule has 74 valence electrons. The molecule has 14 heavy (non-hydrogen) atoms. The van der Waals surface area contributed by atoms with E-state index in [1.54, 1.807) is 0 Å². The van der Waals surface area contributed by atoms with E-state index in [0.717, 1.165) is 5.56 Å². The summed E-state index contributed by atoms with van der Waals surface area (Å²) in [6, 6.07) is 17.3. The van der Waals surface area contributed by atoms with Crippen molar-refractivity contribution in [2.45, 2.75) is 0 Å². The van der Waals surface area contributed by atoms with E-state index in [0.29, 0.717) is 0 Å². The van der Waals surface area contributed by atoms with Gasteiger partial charge in [-0.25, -0.2) is 12.1 Å². The Morgan fingerprint density at radius 3 is 2.00 bits per heavy atom. The van der Waals surface area contributed by atoms with Gasteiger partial charge in [0.15, 0.2) is 0 Å². The van der Waals surface area contributed by atoms with Crippen molar-refractivity contribution in [3.63, 3.8) is 0 Å². The standard InChI is InChI=1S/C7H7O.C5H5.Fe/c1-6(8)7-4-2-3-5-7;1-2-4-5-3-1;/h2-5,8H,1H2;1-5H;/q2*-1;+2. The fourth-order valence-corrected chi connectivity index (χ4v) is 0.887. The van der Waals surface area contributed by atoms with Gasteiger partial charge in [-0.15, -0.1) is 11.6 Å². The predicted molar refractivity (Wildman–Crippen MR) is 55.7 cm³/mol. The average molecular weight is 228 g/mol. The number of aliphatic hydroxyl groups excluding tert-OH is 1. The molecule has 1 N–H and O–H groups in total. The average Bonchev–Trinajstić information content (AvgIpc) is 2.82. The molecule has 0 aromatic heterocycles. The second-order valence-corrected chi connectivity index (χ2v) is 2.58. The van der Waals surface area contributed by atoms with Crippen LogP contribution < -0.4 is 0 Å². The van der Waals surface area contributed by atoms with Gasteiger partial charge in [-0.1, -0.05) is 6.58 Å². The summed E-state index contributed by atoms with van der Waals surface area (Å²) < 4.78 is 0. The van der Waals surface area contributed by atoms with Crippen LogP contribution in [0.5, 0.6) is 0 Å². The summed E-state index contributed by atoms with van der Waals surface area (Å²) >= 11 is 0. The van der Waals surface area contributed by atoms with Gasteiger partial charge in [-0.2, -0.15) is 36.4 Å². The summed E-state index contributed by atoms with van der Waals surface area (Å²) in [5.41, 5.74) is 0.796. The minimum absolute atomic E-state index is 0. The van der Waals surface area contributed by atoms with Crippen molar-refractivity contribution >= 4 is 5.76 Å². The Morgan fingerprint density at radius 1 is 1.14 bits per heavy atom. The number of hydrogen-bond donors (Lipinski definition) is 1. The molecule has 2 rings (SSSR count). The molecule has 0 aliphatic heterocycles. The summed E-state index contributed by atoms with van der Waals surface area (Å²) in [6.07, 6.45) is 0. The maximum atomic E-state index is 8.72. The van der Waals surface area contributed by atoms with Crippen LogP contribution >= 0.6 is 0 Å². The third-order valence-electron chi connectivity index (χ3n) is 1.55. The Bertz CT molecular complexity index is 302. The van der Waals surface area contributed by atoms with Gasteiger partial charge in [0.2, 0.25) is 0 Å². The Morgan fingerprint density at radius 2 is 1.79 bits per heavy atom. The van der Waals surface area contributed by atoms with Crippen LogP contribution in [0.1, 0.15) is 5.56 Å². The van der Waals surface area contributed by atoms with Crippen molar-refractivity contribution in [1.82, 2.24) is 0 Å². The van der Waals surface area contributed by atoms with Gasteiger partial charge in [0.25, 0.3) is 0 Å². The van der Waals surface area contributed by atoms with Crippen LogP contribution in [0.3, 0.4) is 0 Å². The largest absolute Gasteiger partial charge is 2.00 e. The van der Waals surface area contributed by atoms with Gasteiger partial charge in [0, 0.05) is 5.76 Å². The normalized spacial score (nSPS) is 8.00. The van der Waals surface area contributed by atoms with E-state index < -0.39 is 0 Å². The van der Waals surface area contributed by atoms with E-state index in [1.807, 2.05) is 54.6 Å². The van der Waals surface area contributed by atoms with Gasteiger partial charge < -0.3 is 5.11 Å². The topological polar surface area (TPSA) is 20.2 Å². The van der Waals surface area contributed by atoms with Gasteiger partial charge >= 0.3 is 17.1 Å². The van der Waals surface area contributed by atoms with Crippen LogP contribution in [-0.2, 0) is 17.1 Å². The molecule has 2 aromatic rings. The molecular formula is C12H12FeO. The fourth-order valence-electron chi connectivity index (χ4n) is 0.887. The molecule has 0 bridgehead atoms. The van der Waals surface area contributed by atoms with E-state index >= 15 is 0 Å². The van der Waals surface area contributed by atoms with Crippen molar-refractivity contribution in [1.29, 1.82) is 0 Å². The molecule has 2 heteroatoms. The number of aliphatic hydroxyl groups is 1. The zero-order valence-corrected chi connectivity index (χ0v) is 8.81. The molecule has 0 heterocycles.